The lowest BCUT2D eigenvalue weighted by Crippen LogP contribution is -2.53. The van der Waals surface area contributed by atoms with Gasteiger partial charge >= 0.3 is 0 Å². The van der Waals surface area contributed by atoms with E-state index in [4.69, 9.17) is 21.1 Å². The van der Waals surface area contributed by atoms with Crippen molar-refractivity contribution in [2.24, 2.45) is 17.8 Å². The molecule has 0 unspecified atom stereocenters. The van der Waals surface area contributed by atoms with Crippen LogP contribution < -0.4 is 14.4 Å². The Morgan fingerprint density at radius 1 is 1.20 bits per heavy atom. The van der Waals surface area contributed by atoms with Crippen molar-refractivity contribution in [2.75, 3.05) is 51.9 Å². The highest BCUT2D eigenvalue weighted by atomic mass is 35.5. The van der Waals surface area contributed by atoms with Gasteiger partial charge in [0, 0.05) is 49.8 Å². The molecule has 2 heterocycles. The summed E-state index contributed by atoms with van der Waals surface area (Å²) in [6.45, 7) is 5.78. The summed E-state index contributed by atoms with van der Waals surface area (Å²) in [5.41, 5.74) is 1.55. The van der Waals surface area contributed by atoms with Gasteiger partial charge in [-0.15, -0.1) is 0 Å². The first kappa shape index (κ1) is 36.7. The minimum Gasteiger partial charge on any atom is -0.490 e. The van der Waals surface area contributed by atoms with Crippen LogP contribution in [-0.2, 0) is 31.4 Å². The van der Waals surface area contributed by atoms with Gasteiger partial charge in [0.05, 0.1) is 36.2 Å². The summed E-state index contributed by atoms with van der Waals surface area (Å²) in [5, 5.41) is 12.2. The highest BCUT2D eigenvalue weighted by Gasteiger charge is 2.49. The first-order valence-corrected chi connectivity index (χ1v) is 19.7. The number of anilines is 1. The number of aliphatic hydroxyl groups is 1. The molecule has 12 heteroatoms. The van der Waals surface area contributed by atoms with Crippen molar-refractivity contribution in [1.82, 2.24) is 9.62 Å². The molecule has 6 rings (SSSR count). The summed E-state index contributed by atoms with van der Waals surface area (Å²) >= 11 is 6.44. The van der Waals surface area contributed by atoms with Crippen molar-refractivity contribution in [3.8, 4) is 5.75 Å². The van der Waals surface area contributed by atoms with E-state index in [1.165, 1.54) is 11.1 Å². The summed E-state index contributed by atoms with van der Waals surface area (Å²) in [7, 11) is -0.737. The van der Waals surface area contributed by atoms with Crippen molar-refractivity contribution in [2.45, 2.75) is 75.1 Å². The predicted octanol–water partition coefficient (Wildman–Crippen LogP) is 5.11. The Bertz CT molecular complexity index is 1750. The van der Waals surface area contributed by atoms with Gasteiger partial charge in [0.2, 0.25) is 15.9 Å². The van der Waals surface area contributed by atoms with E-state index in [2.05, 4.69) is 15.7 Å². The number of halogens is 1. The van der Waals surface area contributed by atoms with Crippen LogP contribution in [0.2, 0.25) is 5.02 Å². The zero-order valence-electron chi connectivity index (χ0n) is 29.5. The maximum absolute atomic E-state index is 13.5. The molecule has 2 aromatic carbocycles. The molecular weight excluding hydrogens is 678 g/mol. The standard InChI is InChI=1S/C38H50ClN3O7S/c1-25-7-5-16-38(45,21-35(43)41(3)17-18-48-4)32-12-9-29(32)22-42-23-37(15-6-8-27-19-30(39)11-13-31(27)37)24-49-34-14-10-28(20-33(34)42)36(44)40-50(46,47)26(25)2/h5,10-11,13-14,16,19-20,25-26,29,32,45H,6-9,12,15,17-18,21-24H2,1-4H3,(H,40,44)/b16-5-/t25-,26+,29-,32+,37-,38+/m0/s1. The van der Waals surface area contributed by atoms with E-state index in [9.17, 15) is 23.1 Å². The molecule has 0 radical (unpaired) electrons. The number of aryl methyl sites for hydroxylation is 1. The molecule has 0 aromatic heterocycles. The van der Waals surface area contributed by atoms with Crippen LogP contribution >= 0.6 is 11.6 Å². The maximum atomic E-state index is 13.5. The average molecular weight is 728 g/mol. The lowest BCUT2D eigenvalue weighted by Gasteiger charge is -2.49. The number of fused-ring (bicyclic) bond motifs is 4. The number of carbonyl (C=O) groups is 2. The van der Waals surface area contributed by atoms with E-state index in [1.54, 1.807) is 50.3 Å². The summed E-state index contributed by atoms with van der Waals surface area (Å²) in [5.74, 6) is -0.790. The number of benzene rings is 2. The van der Waals surface area contributed by atoms with Gasteiger partial charge in [0.1, 0.15) is 5.75 Å². The normalized spacial score (nSPS) is 31.2. The SMILES string of the molecule is COCCN(C)C(=O)C[C@]1(O)/C=C\C[C@H](C)[C@@H](C)S(=O)(=O)NC(=O)c2ccc3c(c2)N(C[C@@H]2CC[C@H]21)C[C@@]1(CCCc2cc(Cl)ccc21)CO3. The van der Waals surface area contributed by atoms with E-state index in [0.29, 0.717) is 55.7 Å². The van der Waals surface area contributed by atoms with Crippen LogP contribution in [0.1, 0.15) is 73.9 Å². The summed E-state index contributed by atoms with van der Waals surface area (Å²) in [6, 6.07) is 11.2. The Hall–Kier alpha value is -3.12. The summed E-state index contributed by atoms with van der Waals surface area (Å²) in [4.78, 5) is 30.9. The molecule has 2 aromatic rings. The lowest BCUT2D eigenvalue weighted by atomic mass is 9.63. The molecule has 2 bridgehead atoms. The van der Waals surface area contributed by atoms with Crippen LogP contribution in [0.3, 0.4) is 0 Å². The molecule has 2 aliphatic carbocycles. The summed E-state index contributed by atoms with van der Waals surface area (Å²) in [6.07, 6.45) is 8.20. The molecule has 10 nitrogen and oxygen atoms in total. The molecule has 272 valence electrons. The number of hydrogen-bond donors (Lipinski definition) is 2. The molecule has 50 heavy (non-hydrogen) atoms. The second-order valence-electron chi connectivity index (χ2n) is 15.0. The van der Waals surface area contributed by atoms with Crippen molar-refractivity contribution >= 4 is 39.1 Å². The fourth-order valence-electron chi connectivity index (χ4n) is 8.29. The molecular formula is C38H50ClN3O7S. The van der Waals surface area contributed by atoms with E-state index >= 15 is 0 Å². The monoisotopic (exact) mass is 727 g/mol. The van der Waals surface area contributed by atoms with Crippen molar-refractivity contribution in [1.29, 1.82) is 0 Å². The Labute approximate surface area is 301 Å². The number of methoxy groups -OCH3 is 1. The van der Waals surface area contributed by atoms with Gasteiger partial charge in [-0.3, -0.25) is 9.59 Å². The van der Waals surface area contributed by atoms with Crippen molar-refractivity contribution < 1.29 is 32.6 Å². The Kier molecular flexibility index (Phi) is 10.6. The van der Waals surface area contributed by atoms with Crippen LogP contribution in [0, 0.1) is 17.8 Å². The minimum atomic E-state index is -4.04. The average Bonchev–Trinajstić information content (AvgIpc) is 3.21. The lowest BCUT2D eigenvalue weighted by molar-refractivity contribution is -0.138. The molecule has 4 aliphatic rings. The highest BCUT2D eigenvalue weighted by molar-refractivity contribution is 7.90. The molecule has 1 spiro atoms. The molecule has 0 saturated heterocycles. The predicted molar refractivity (Wildman–Crippen MR) is 194 cm³/mol. The zero-order valence-corrected chi connectivity index (χ0v) is 31.1. The smallest absolute Gasteiger partial charge is 0.264 e. The van der Waals surface area contributed by atoms with Gasteiger partial charge < -0.3 is 24.4 Å². The fraction of sp³-hybridized carbons (Fsp3) is 0.579. The first-order chi connectivity index (χ1) is 23.7. The number of nitrogens with one attached hydrogen (secondary N) is 1. The van der Waals surface area contributed by atoms with Crippen LogP contribution in [0.15, 0.2) is 48.6 Å². The topological polar surface area (TPSA) is 125 Å². The Morgan fingerprint density at radius 3 is 2.74 bits per heavy atom. The van der Waals surface area contributed by atoms with Crippen LogP contribution in [0.25, 0.3) is 0 Å². The number of sulfonamides is 1. The van der Waals surface area contributed by atoms with E-state index < -0.39 is 26.8 Å². The molecule has 2 amide bonds. The van der Waals surface area contributed by atoms with Crippen molar-refractivity contribution in [3.05, 3.63) is 70.3 Å². The third kappa shape index (κ3) is 7.29. The van der Waals surface area contributed by atoms with Gasteiger partial charge in [-0.25, -0.2) is 13.1 Å². The van der Waals surface area contributed by atoms with Crippen LogP contribution in [0.5, 0.6) is 5.75 Å². The fourth-order valence-corrected chi connectivity index (χ4v) is 9.77. The number of likely N-dealkylation sites (N-methyl/N-ethyl adjacent to an activating group) is 1. The number of carbonyl (C=O) groups excluding carboxylic acids is 2. The van der Waals surface area contributed by atoms with Gasteiger partial charge in [-0.1, -0.05) is 36.7 Å². The largest absolute Gasteiger partial charge is 0.490 e. The highest BCUT2D eigenvalue weighted by Crippen LogP contribution is 2.49. The number of ether oxygens (including phenoxy) is 2. The van der Waals surface area contributed by atoms with Gasteiger partial charge in [0.15, 0.2) is 0 Å². The van der Waals surface area contributed by atoms with E-state index in [-0.39, 0.29) is 41.1 Å². The maximum Gasteiger partial charge on any atom is 0.264 e. The second kappa shape index (κ2) is 14.5. The molecule has 1 fully saturated rings. The molecule has 1 saturated carbocycles. The number of hydrogen-bond acceptors (Lipinski definition) is 8. The Morgan fingerprint density at radius 2 is 2.00 bits per heavy atom. The zero-order chi connectivity index (χ0) is 35.8. The second-order valence-corrected chi connectivity index (χ2v) is 17.5. The van der Waals surface area contributed by atoms with Crippen molar-refractivity contribution in [3.63, 3.8) is 0 Å². The van der Waals surface area contributed by atoms with Crippen LogP contribution in [0.4, 0.5) is 5.69 Å². The Balaban J connectivity index is 1.42. The molecule has 2 N–H and O–H groups in total. The molecule has 6 atom stereocenters. The number of nitrogens with zero attached hydrogens (tertiary/aromatic N) is 2. The van der Waals surface area contributed by atoms with Crippen LogP contribution in [-0.4, -0.2) is 88.1 Å². The minimum absolute atomic E-state index is 0.0418. The number of rotatable bonds is 5. The van der Waals surface area contributed by atoms with Gasteiger partial charge in [-0.2, -0.15) is 0 Å². The number of allylic oxidation sites excluding steroid dienone is 1. The number of amides is 2. The van der Waals surface area contributed by atoms with E-state index in [1.807, 2.05) is 25.1 Å². The third-order valence-corrected chi connectivity index (χ3v) is 13.9. The quantitative estimate of drug-likeness (QED) is 0.408. The van der Waals surface area contributed by atoms with Gasteiger partial charge in [-0.05, 0) is 105 Å². The summed E-state index contributed by atoms with van der Waals surface area (Å²) < 4.78 is 41.0. The van der Waals surface area contributed by atoms with E-state index in [0.717, 1.165) is 32.1 Å². The van der Waals surface area contributed by atoms with Gasteiger partial charge in [0.25, 0.3) is 5.91 Å². The first-order valence-electron chi connectivity index (χ1n) is 17.7. The molecule has 2 aliphatic heterocycles. The third-order valence-electron chi connectivity index (χ3n) is 11.7.